The lowest BCUT2D eigenvalue weighted by atomic mass is 10.2. The van der Waals surface area contributed by atoms with Crippen molar-refractivity contribution in [3.8, 4) is 17.2 Å². The molecule has 2 aromatic rings. The first-order chi connectivity index (χ1) is 11.6. The van der Waals surface area contributed by atoms with Crippen molar-refractivity contribution in [3.63, 3.8) is 0 Å². The Bertz CT molecular complexity index is 740. The monoisotopic (exact) mass is 411 g/mol. The van der Waals surface area contributed by atoms with E-state index in [2.05, 4.69) is 21.2 Å². The van der Waals surface area contributed by atoms with Crippen LogP contribution in [0.15, 0.2) is 46.9 Å². The molecule has 2 aromatic carbocycles. The van der Waals surface area contributed by atoms with Crippen molar-refractivity contribution in [1.29, 1.82) is 0 Å². The molecule has 3 rings (SSSR count). The Morgan fingerprint density at radius 3 is 2.88 bits per heavy atom. The normalized spacial score (nSPS) is 15.7. The fraction of sp³-hybridized carbons (Fsp3) is 0.235. The molecule has 0 aliphatic carbocycles. The SMILES string of the molecule is O=C(COc1ccc(Br)cc1Cl)NC[C@@H]1COc2ccccc2O1. The number of benzene rings is 2. The van der Waals surface area contributed by atoms with Crippen LogP contribution in [-0.4, -0.2) is 31.8 Å². The molecule has 5 nitrogen and oxygen atoms in total. The van der Waals surface area contributed by atoms with Gasteiger partial charge in [0.15, 0.2) is 18.1 Å². The third-order valence-corrected chi connectivity index (χ3v) is 4.14. The van der Waals surface area contributed by atoms with E-state index in [-0.39, 0.29) is 18.6 Å². The average Bonchev–Trinajstić information content (AvgIpc) is 2.59. The van der Waals surface area contributed by atoms with E-state index in [1.54, 1.807) is 18.2 Å². The number of hydrogen-bond acceptors (Lipinski definition) is 4. The summed E-state index contributed by atoms with van der Waals surface area (Å²) in [7, 11) is 0. The zero-order valence-electron chi connectivity index (χ0n) is 12.6. The van der Waals surface area contributed by atoms with E-state index >= 15 is 0 Å². The van der Waals surface area contributed by atoms with E-state index in [0.29, 0.717) is 35.4 Å². The molecule has 0 spiro atoms. The van der Waals surface area contributed by atoms with E-state index in [9.17, 15) is 4.79 Å². The van der Waals surface area contributed by atoms with Gasteiger partial charge in [-0.3, -0.25) is 4.79 Å². The third-order valence-electron chi connectivity index (χ3n) is 3.35. The number of ether oxygens (including phenoxy) is 3. The maximum absolute atomic E-state index is 11.9. The van der Waals surface area contributed by atoms with Gasteiger partial charge in [0.2, 0.25) is 0 Å². The molecule has 1 aliphatic rings. The minimum atomic E-state index is -0.253. The summed E-state index contributed by atoms with van der Waals surface area (Å²) in [6.45, 7) is 0.604. The van der Waals surface area contributed by atoms with E-state index in [1.807, 2.05) is 24.3 Å². The lowest BCUT2D eigenvalue weighted by Crippen LogP contribution is -2.42. The molecule has 1 aliphatic heterocycles. The van der Waals surface area contributed by atoms with Gasteiger partial charge in [-0.05, 0) is 30.3 Å². The summed E-state index contributed by atoms with van der Waals surface area (Å²) in [6.07, 6.45) is -0.236. The summed E-state index contributed by atoms with van der Waals surface area (Å²) < 4.78 is 17.6. The lowest BCUT2D eigenvalue weighted by Gasteiger charge is -2.26. The van der Waals surface area contributed by atoms with Crippen molar-refractivity contribution >= 4 is 33.4 Å². The zero-order chi connectivity index (χ0) is 16.9. The highest BCUT2D eigenvalue weighted by Crippen LogP contribution is 2.30. The average molecular weight is 413 g/mol. The van der Waals surface area contributed by atoms with Gasteiger partial charge in [0.05, 0.1) is 11.6 Å². The van der Waals surface area contributed by atoms with Crippen molar-refractivity contribution in [2.24, 2.45) is 0 Å². The van der Waals surface area contributed by atoms with E-state index in [4.69, 9.17) is 25.8 Å². The van der Waals surface area contributed by atoms with Crippen molar-refractivity contribution in [2.45, 2.75) is 6.10 Å². The molecular weight excluding hydrogens is 398 g/mol. The molecule has 0 fully saturated rings. The predicted molar refractivity (Wildman–Crippen MR) is 94.0 cm³/mol. The molecule has 0 unspecified atom stereocenters. The first-order valence-corrected chi connectivity index (χ1v) is 8.52. The molecule has 0 saturated heterocycles. The molecule has 0 radical (unpaired) electrons. The van der Waals surface area contributed by atoms with E-state index in [1.165, 1.54) is 0 Å². The van der Waals surface area contributed by atoms with Gasteiger partial charge in [0, 0.05) is 4.47 Å². The number of hydrogen-bond donors (Lipinski definition) is 1. The molecule has 0 saturated carbocycles. The van der Waals surface area contributed by atoms with Crippen LogP contribution in [0, 0.1) is 0 Å². The van der Waals surface area contributed by atoms with Gasteiger partial charge in [-0.15, -0.1) is 0 Å². The predicted octanol–water partition coefficient (Wildman–Crippen LogP) is 3.44. The highest BCUT2D eigenvalue weighted by Gasteiger charge is 2.21. The lowest BCUT2D eigenvalue weighted by molar-refractivity contribution is -0.123. The Labute approximate surface area is 153 Å². The van der Waals surface area contributed by atoms with Crippen LogP contribution in [0.3, 0.4) is 0 Å². The maximum Gasteiger partial charge on any atom is 0.258 e. The fourth-order valence-electron chi connectivity index (χ4n) is 2.18. The van der Waals surface area contributed by atoms with Gasteiger partial charge in [-0.1, -0.05) is 39.7 Å². The zero-order valence-corrected chi connectivity index (χ0v) is 15.0. The number of halogens is 2. The summed E-state index contributed by atoms with van der Waals surface area (Å²) in [5, 5.41) is 3.21. The van der Waals surface area contributed by atoms with Crippen LogP contribution in [0.25, 0.3) is 0 Å². The third kappa shape index (κ3) is 4.33. The summed E-state index contributed by atoms with van der Waals surface area (Å²) in [6, 6.07) is 12.6. The second-order valence-electron chi connectivity index (χ2n) is 5.17. The maximum atomic E-state index is 11.9. The Balaban J connectivity index is 1.45. The van der Waals surface area contributed by atoms with Gasteiger partial charge in [0.1, 0.15) is 18.5 Å². The first-order valence-electron chi connectivity index (χ1n) is 7.35. The molecule has 24 heavy (non-hydrogen) atoms. The van der Waals surface area contributed by atoms with Crippen LogP contribution in [-0.2, 0) is 4.79 Å². The van der Waals surface area contributed by atoms with E-state index < -0.39 is 0 Å². The van der Waals surface area contributed by atoms with Crippen LogP contribution in [0.1, 0.15) is 0 Å². The van der Waals surface area contributed by atoms with Crippen LogP contribution in [0.4, 0.5) is 0 Å². The molecule has 126 valence electrons. The quantitative estimate of drug-likeness (QED) is 0.817. The van der Waals surface area contributed by atoms with Gasteiger partial charge in [-0.25, -0.2) is 0 Å². The van der Waals surface area contributed by atoms with Gasteiger partial charge in [-0.2, -0.15) is 0 Å². The molecule has 0 aromatic heterocycles. The van der Waals surface area contributed by atoms with Gasteiger partial charge in [0.25, 0.3) is 5.91 Å². The highest BCUT2D eigenvalue weighted by atomic mass is 79.9. The largest absolute Gasteiger partial charge is 0.486 e. The number of rotatable bonds is 5. The molecule has 7 heteroatoms. The smallest absolute Gasteiger partial charge is 0.258 e. The minimum absolute atomic E-state index is 0.120. The van der Waals surface area contributed by atoms with Gasteiger partial charge < -0.3 is 19.5 Å². The molecular formula is C17H15BrClNO4. The van der Waals surface area contributed by atoms with Crippen molar-refractivity contribution in [3.05, 3.63) is 52.0 Å². The number of para-hydroxylation sites is 2. The number of nitrogens with one attached hydrogen (secondary N) is 1. The first kappa shape index (κ1) is 16.9. The molecule has 1 N–H and O–H groups in total. The topological polar surface area (TPSA) is 56.8 Å². The van der Waals surface area contributed by atoms with Crippen LogP contribution >= 0.6 is 27.5 Å². The summed E-state index contributed by atoms with van der Waals surface area (Å²) in [5.74, 6) is 1.60. The molecule has 1 amide bonds. The molecule has 1 heterocycles. The minimum Gasteiger partial charge on any atom is -0.486 e. The number of fused-ring (bicyclic) bond motifs is 1. The van der Waals surface area contributed by atoms with Gasteiger partial charge >= 0.3 is 0 Å². The van der Waals surface area contributed by atoms with Crippen molar-refractivity contribution in [1.82, 2.24) is 5.32 Å². The Morgan fingerprint density at radius 1 is 1.29 bits per heavy atom. The van der Waals surface area contributed by atoms with E-state index in [0.717, 1.165) is 4.47 Å². The highest BCUT2D eigenvalue weighted by molar-refractivity contribution is 9.10. The Hall–Kier alpha value is -1.92. The number of carbonyl (C=O) groups excluding carboxylic acids is 1. The van der Waals surface area contributed by atoms with Crippen LogP contribution in [0.5, 0.6) is 17.2 Å². The van der Waals surface area contributed by atoms with Crippen molar-refractivity contribution < 1.29 is 19.0 Å². The van der Waals surface area contributed by atoms with Crippen LogP contribution in [0.2, 0.25) is 5.02 Å². The Kier molecular flexibility index (Phi) is 5.48. The second-order valence-corrected chi connectivity index (χ2v) is 6.49. The van der Waals surface area contributed by atoms with Crippen LogP contribution < -0.4 is 19.5 Å². The molecule has 0 bridgehead atoms. The summed E-state index contributed by atoms with van der Waals surface area (Å²) >= 11 is 9.35. The fourth-order valence-corrected chi connectivity index (χ4v) is 2.91. The number of carbonyl (C=O) groups is 1. The number of amides is 1. The Morgan fingerprint density at radius 2 is 2.08 bits per heavy atom. The van der Waals surface area contributed by atoms with Crippen molar-refractivity contribution in [2.75, 3.05) is 19.8 Å². The standard InChI is InChI=1S/C17H15BrClNO4/c18-11-5-6-14(13(19)7-11)23-10-17(21)20-8-12-9-22-15-3-1-2-4-16(15)24-12/h1-7,12H,8-10H2,(H,20,21)/t12-/m1/s1. The summed E-state index contributed by atoms with van der Waals surface area (Å²) in [5.41, 5.74) is 0. The molecule has 1 atom stereocenters. The second kappa shape index (κ2) is 7.77. The summed E-state index contributed by atoms with van der Waals surface area (Å²) in [4.78, 5) is 11.9.